The van der Waals surface area contributed by atoms with Crippen molar-refractivity contribution in [1.29, 1.82) is 0 Å². The quantitative estimate of drug-likeness (QED) is 0.599. The van der Waals surface area contributed by atoms with E-state index in [1.807, 2.05) is 0 Å². The molecule has 0 amide bonds. The average molecular weight is 176 g/mol. The third-order valence-corrected chi connectivity index (χ3v) is 2.49. The van der Waals surface area contributed by atoms with Crippen LogP contribution in [0.15, 0.2) is 28.4 Å². The second kappa shape index (κ2) is 3.11. The van der Waals surface area contributed by atoms with Crippen molar-refractivity contribution in [3.63, 3.8) is 0 Å². The molecule has 2 nitrogen and oxygen atoms in total. The molecule has 2 heterocycles. The molecule has 0 aliphatic carbocycles. The molecule has 0 radical (unpaired) electrons. The number of rotatable bonds is 0. The molecular weight excluding hydrogens is 160 g/mol. The molecule has 0 bridgehead atoms. The van der Waals surface area contributed by atoms with E-state index < -0.39 is 0 Å². The fourth-order valence-electron chi connectivity index (χ4n) is 1.60. The summed E-state index contributed by atoms with van der Waals surface area (Å²) in [6, 6.07) is 0. The minimum atomic E-state index is 0.108. The number of aliphatic imine (C=N–C) groups is 1. The lowest BCUT2D eigenvalue weighted by Gasteiger charge is -2.14. The maximum atomic E-state index is 4.55. The molecule has 0 aromatic heterocycles. The van der Waals surface area contributed by atoms with Crippen LogP contribution in [0.5, 0.6) is 0 Å². The molecule has 13 heavy (non-hydrogen) atoms. The zero-order valence-electron chi connectivity index (χ0n) is 8.30. The molecule has 0 aromatic rings. The van der Waals surface area contributed by atoms with E-state index in [0.29, 0.717) is 0 Å². The van der Waals surface area contributed by atoms with Gasteiger partial charge in [-0.3, -0.25) is 4.99 Å². The lowest BCUT2D eigenvalue weighted by atomic mass is 9.94. The summed E-state index contributed by atoms with van der Waals surface area (Å²) in [4.78, 5) is 4.55. The van der Waals surface area contributed by atoms with Gasteiger partial charge in [-0.15, -0.1) is 0 Å². The molecule has 1 N–H and O–H groups in total. The van der Waals surface area contributed by atoms with Gasteiger partial charge in [0, 0.05) is 36.8 Å². The van der Waals surface area contributed by atoms with Gasteiger partial charge in [-0.25, -0.2) is 0 Å². The Labute approximate surface area is 79.4 Å². The van der Waals surface area contributed by atoms with Gasteiger partial charge < -0.3 is 5.32 Å². The lowest BCUT2D eigenvalue weighted by Crippen LogP contribution is -2.23. The molecule has 70 valence electrons. The monoisotopic (exact) mass is 176 g/mol. The van der Waals surface area contributed by atoms with Crippen molar-refractivity contribution in [3.8, 4) is 0 Å². The molecular formula is C11H16N2. The summed E-state index contributed by atoms with van der Waals surface area (Å²) < 4.78 is 0. The van der Waals surface area contributed by atoms with Gasteiger partial charge in [0.15, 0.2) is 0 Å². The maximum Gasteiger partial charge on any atom is 0.0457 e. The highest BCUT2D eigenvalue weighted by Gasteiger charge is 2.16. The molecule has 2 rings (SSSR count). The van der Waals surface area contributed by atoms with Crippen molar-refractivity contribution in [2.75, 3.05) is 13.1 Å². The smallest absolute Gasteiger partial charge is 0.0457 e. The Balaban J connectivity index is 2.32. The minimum Gasteiger partial charge on any atom is -0.312 e. The SMILES string of the molecule is CC1(C)C=CC2=C(CCNC2)N=C1. The van der Waals surface area contributed by atoms with E-state index in [1.165, 1.54) is 11.3 Å². The van der Waals surface area contributed by atoms with Gasteiger partial charge in [-0.05, 0) is 5.57 Å². The van der Waals surface area contributed by atoms with Crippen LogP contribution in [0, 0.1) is 5.41 Å². The highest BCUT2D eigenvalue weighted by Crippen LogP contribution is 2.24. The Kier molecular flexibility index (Phi) is 2.08. The van der Waals surface area contributed by atoms with Gasteiger partial charge in [0.05, 0.1) is 0 Å². The van der Waals surface area contributed by atoms with E-state index in [-0.39, 0.29) is 5.41 Å². The Morgan fingerprint density at radius 3 is 3.15 bits per heavy atom. The topological polar surface area (TPSA) is 24.4 Å². The van der Waals surface area contributed by atoms with Crippen LogP contribution in [0.4, 0.5) is 0 Å². The molecule has 2 aliphatic heterocycles. The normalized spacial score (nSPS) is 25.7. The van der Waals surface area contributed by atoms with Crippen LogP contribution in [-0.4, -0.2) is 19.3 Å². The number of nitrogens with one attached hydrogen (secondary N) is 1. The first-order valence-corrected chi connectivity index (χ1v) is 4.85. The van der Waals surface area contributed by atoms with Crippen molar-refractivity contribution in [2.45, 2.75) is 20.3 Å². The van der Waals surface area contributed by atoms with E-state index in [2.05, 4.69) is 42.5 Å². The fourth-order valence-corrected chi connectivity index (χ4v) is 1.60. The average Bonchev–Trinajstić information content (AvgIpc) is 2.27. The predicted molar refractivity (Wildman–Crippen MR) is 55.9 cm³/mol. The largest absolute Gasteiger partial charge is 0.312 e. The Hall–Kier alpha value is -0.890. The molecule has 2 heteroatoms. The van der Waals surface area contributed by atoms with E-state index in [0.717, 1.165) is 19.5 Å². The summed E-state index contributed by atoms with van der Waals surface area (Å²) in [5, 5.41) is 3.36. The molecule has 0 aromatic carbocycles. The summed E-state index contributed by atoms with van der Waals surface area (Å²) in [5.41, 5.74) is 2.73. The van der Waals surface area contributed by atoms with Crippen molar-refractivity contribution >= 4 is 6.21 Å². The minimum absolute atomic E-state index is 0.108. The number of hydrogen-bond donors (Lipinski definition) is 1. The van der Waals surface area contributed by atoms with Crippen molar-refractivity contribution in [3.05, 3.63) is 23.4 Å². The van der Waals surface area contributed by atoms with Gasteiger partial charge in [0.2, 0.25) is 0 Å². The fraction of sp³-hybridized carbons (Fsp3) is 0.545. The van der Waals surface area contributed by atoms with E-state index >= 15 is 0 Å². The van der Waals surface area contributed by atoms with Crippen LogP contribution in [-0.2, 0) is 0 Å². The van der Waals surface area contributed by atoms with Crippen molar-refractivity contribution in [2.24, 2.45) is 10.4 Å². The molecule has 0 atom stereocenters. The van der Waals surface area contributed by atoms with Gasteiger partial charge in [0.25, 0.3) is 0 Å². The van der Waals surface area contributed by atoms with E-state index in [1.54, 1.807) is 0 Å². The molecule has 2 aliphatic rings. The number of hydrogen-bond acceptors (Lipinski definition) is 2. The third kappa shape index (κ3) is 1.89. The number of nitrogens with zero attached hydrogens (tertiary/aromatic N) is 1. The van der Waals surface area contributed by atoms with Crippen LogP contribution in [0.25, 0.3) is 0 Å². The summed E-state index contributed by atoms with van der Waals surface area (Å²) in [5.74, 6) is 0. The zero-order chi connectivity index (χ0) is 9.31. The first kappa shape index (κ1) is 8.70. The first-order chi connectivity index (χ1) is 6.17. The van der Waals surface area contributed by atoms with Crippen LogP contribution in [0.2, 0.25) is 0 Å². The molecule has 0 saturated heterocycles. The van der Waals surface area contributed by atoms with E-state index in [9.17, 15) is 0 Å². The molecule has 0 fully saturated rings. The van der Waals surface area contributed by atoms with Gasteiger partial charge in [0.1, 0.15) is 0 Å². The summed E-state index contributed by atoms with van der Waals surface area (Å²) in [6.07, 6.45) is 7.56. The van der Waals surface area contributed by atoms with Crippen molar-refractivity contribution in [1.82, 2.24) is 5.32 Å². The Morgan fingerprint density at radius 1 is 1.46 bits per heavy atom. The number of allylic oxidation sites excluding steroid dienone is 1. The standard InChI is InChI=1S/C11H16N2/c1-11(2)5-3-9-7-12-6-4-10(9)13-8-11/h3,5,8,12H,4,6-7H2,1-2H3. The highest BCUT2D eigenvalue weighted by molar-refractivity contribution is 5.70. The van der Waals surface area contributed by atoms with Gasteiger partial charge in [-0.1, -0.05) is 26.0 Å². The molecule has 0 spiro atoms. The maximum absolute atomic E-state index is 4.55. The zero-order valence-corrected chi connectivity index (χ0v) is 8.30. The first-order valence-electron chi connectivity index (χ1n) is 4.85. The summed E-state index contributed by atoms with van der Waals surface area (Å²) >= 11 is 0. The van der Waals surface area contributed by atoms with E-state index in [4.69, 9.17) is 0 Å². The molecule has 0 saturated carbocycles. The summed E-state index contributed by atoms with van der Waals surface area (Å²) in [6.45, 7) is 6.39. The highest BCUT2D eigenvalue weighted by atomic mass is 14.9. The van der Waals surface area contributed by atoms with Crippen LogP contribution in [0.1, 0.15) is 20.3 Å². The predicted octanol–water partition coefficient (Wildman–Crippen LogP) is 1.90. The lowest BCUT2D eigenvalue weighted by molar-refractivity contribution is 0.682. The van der Waals surface area contributed by atoms with Gasteiger partial charge >= 0.3 is 0 Å². The van der Waals surface area contributed by atoms with Crippen LogP contribution >= 0.6 is 0 Å². The Bertz CT molecular complexity index is 267. The Morgan fingerprint density at radius 2 is 2.31 bits per heavy atom. The van der Waals surface area contributed by atoms with Gasteiger partial charge in [-0.2, -0.15) is 0 Å². The van der Waals surface area contributed by atoms with Crippen molar-refractivity contribution < 1.29 is 0 Å². The molecule has 0 unspecified atom stereocenters. The summed E-state index contributed by atoms with van der Waals surface area (Å²) in [7, 11) is 0. The van der Waals surface area contributed by atoms with Crippen LogP contribution in [0.3, 0.4) is 0 Å². The van der Waals surface area contributed by atoms with Crippen LogP contribution < -0.4 is 5.32 Å². The second-order valence-electron chi connectivity index (χ2n) is 4.31. The third-order valence-electron chi connectivity index (χ3n) is 2.49. The second-order valence-corrected chi connectivity index (χ2v) is 4.31.